The summed E-state index contributed by atoms with van der Waals surface area (Å²) >= 11 is 2.25. The van der Waals surface area contributed by atoms with Crippen LogP contribution in [-0.2, 0) is 0 Å². The highest BCUT2D eigenvalue weighted by Gasteiger charge is 2.22. The lowest BCUT2D eigenvalue weighted by Gasteiger charge is -2.19. The Kier molecular flexibility index (Phi) is 6.98. The van der Waals surface area contributed by atoms with E-state index in [9.17, 15) is 9.59 Å². The van der Waals surface area contributed by atoms with Gasteiger partial charge in [-0.05, 0) is 82.2 Å². The van der Waals surface area contributed by atoms with E-state index in [0.29, 0.717) is 22.6 Å². The molecule has 166 valence electrons. The zero-order valence-corrected chi connectivity index (χ0v) is 19.8. The Balaban J connectivity index is 2.04. The number of rotatable bonds is 5. The Bertz CT molecular complexity index is 1350. The predicted molar refractivity (Wildman–Crippen MR) is 138 cm³/mol. The second-order valence-corrected chi connectivity index (χ2v) is 8.34. The summed E-state index contributed by atoms with van der Waals surface area (Å²) in [4.78, 5) is 24.6. The van der Waals surface area contributed by atoms with Crippen molar-refractivity contribution >= 4 is 56.3 Å². The van der Waals surface area contributed by atoms with Crippen molar-refractivity contribution in [1.82, 2.24) is 10.6 Å². The second kappa shape index (κ2) is 10.1. The maximum absolute atomic E-state index is 12.3. The summed E-state index contributed by atoms with van der Waals surface area (Å²) in [7, 11) is 0. The number of hydrogen-bond acceptors (Lipinski definition) is 4. The highest BCUT2D eigenvalue weighted by Crippen LogP contribution is 2.45. The smallest absolute Gasteiger partial charge is 0.410 e. The Hall–Kier alpha value is -3.33. The number of carbonyl (C=O) groups excluding carboxylic acids is 2. The van der Waals surface area contributed by atoms with Gasteiger partial charge in [-0.25, -0.2) is 9.59 Å². The van der Waals surface area contributed by atoms with Gasteiger partial charge in [0.25, 0.3) is 0 Å². The van der Waals surface area contributed by atoms with Gasteiger partial charge in [0.15, 0.2) is 0 Å². The van der Waals surface area contributed by atoms with Crippen molar-refractivity contribution in [2.75, 3.05) is 13.1 Å². The molecule has 0 aliphatic heterocycles. The molecule has 0 fully saturated rings. The third-order valence-corrected chi connectivity index (χ3v) is 5.70. The van der Waals surface area contributed by atoms with Crippen LogP contribution in [-0.4, -0.2) is 25.3 Å². The SMILES string of the molecule is [CH2]CNC(=O)Oc1ccc2ccccc2c1-c1c(OC(=O)NC[CH2])ccc2cc(I)ccc12. The van der Waals surface area contributed by atoms with Gasteiger partial charge in [0.1, 0.15) is 11.5 Å². The molecule has 7 heteroatoms. The molecule has 0 saturated carbocycles. The Morgan fingerprint density at radius 2 is 1.27 bits per heavy atom. The quantitative estimate of drug-likeness (QED) is 0.293. The standard InChI is InChI=1S/C26H21IN2O4/c1-3-28-25(30)32-21-13-9-16-7-5-6-8-19(16)23(21)24-20-12-11-18(27)15-17(20)10-14-22(24)33-26(31)29-4-2/h5-15H,1-4H2,(H,28,30)(H,29,31). The van der Waals surface area contributed by atoms with E-state index in [2.05, 4.69) is 47.1 Å². The molecule has 33 heavy (non-hydrogen) atoms. The van der Waals surface area contributed by atoms with Crippen molar-refractivity contribution in [2.24, 2.45) is 0 Å². The minimum Gasteiger partial charge on any atom is -0.410 e. The highest BCUT2D eigenvalue weighted by atomic mass is 127. The fourth-order valence-corrected chi connectivity index (χ4v) is 4.21. The van der Waals surface area contributed by atoms with Gasteiger partial charge < -0.3 is 20.1 Å². The van der Waals surface area contributed by atoms with Crippen molar-refractivity contribution in [2.45, 2.75) is 0 Å². The third kappa shape index (κ3) is 4.88. The molecular weight excluding hydrogens is 531 g/mol. The Labute approximate surface area is 205 Å². The number of halogens is 1. The van der Waals surface area contributed by atoms with Gasteiger partial charge in [-0.2, -0.15) is 0 Å². The fourth-order valence-electron chi connectivity index (χ4n) is 3.69. The van der Waals surface area contributed by atoms with Crippen LogP contribution in [0.5, 0.6) is 11.5 Å². The van der Waals surface area contributed by atoms with E-state index in [-0.39, 0.29) is 13.1 Å². The summed E-state index contributed by atoms with van der Waals surface area (Å²) in [6, 6.07) is 21.0. The molecule has 4 aromatic carbocycles. The summed E-state index contributed by atoms with van der Waals surface area (Å²) in [5, 5.41) is 8.73. The number of nitrogens with one attached hydrogen (secondary N) is 2. The van der Waals surface area contributed by atoms with Crippen molar-refractivity contribution in [3.05, 3.63) is 84.1 Å². The van der Waals surface area contributed by atoms with E-state index >= 15 is 0 Å². The molecular formula is C26H21IN2O4. The first-order valence-corrected chi connectivity index (χ1v) is 11.3. The highest BCUT2D eigenvalue weighted by molar-refractivity contribution is 14.1. The molecule has 0 aromatic heterocycles. The molecule has 0 aliphatic rings. The van der Waals surface area contributed by atoms with Crippen LogP contribution in [0.25, 0.3) is 32.7 Å². The van der Waals surface area contributed by atoms with Crippen LogP contribution in [0.4, 0.5) is 9.59 Å². The van der Waals surface area contributed by atoms with Crippen molar-refractivity contribution < 1.29 is 19.1 Å². The van der Waals surface area contributed by atoms with Gasteiger partial charge in [0, 0.05) is 27.8 Å². The first-order valence-electron chi connectivity index (χ1n) is 10.3. The number of benzene rings is 4. The molecule has 6 nitrogen and oxygen atoms in total. The van der Waals surface area contributed by atoms with Crippen molar-refractivity contribution in [3.8, 4) is 22.6 Å². The monoisotopic (exact) mass is 552 g/mol. The Morgan fingerprint density at radius 3 is 1.88 bits per heavy atom. The van der Waals surface area contributed by atoms with Gasteiger partial charge >= 0.3 is 12.2 Å². The molecule has 0 atom stereocenters. The van der Waals surface area contributed by atoms with E-state index < -0.39 is 12.2 Å². The zero-order valence-electron chi connectivity index (χ0n) is 17.7. The molecule has 0 heterocycles. The summed E-state index contributed by atoms with van der Waals surface area (Å²) in [6.45, 7) is 7.64. The van der Waals surface area contributed by atoms with Crippen LogP contribution < -0.4 is 20.1 Å². The van der Waals surface area contributed by atoms with Crippen LogP contribution in [0.1, 0.15) is 0 Å². The zero-order chi connectivity index (χ0) is 23.4. The van der Waals surface area contributed by atoms with Gasteiger partial charge in [-0.1, -0.05) is 42.5 Å². The van der Waals surface area contributed by atoms with E-state index in [4.69, 9.17) is 9.47 Å². The molecule has 0 aliphatic carbocycles. The summed E-state index contributed by atoms with van der Waals surface area (Å²) < 4.78 is 12.4. The third-order valence-electron chi connectivity index (χ3n) is 5.03. The molecule has 4 rings (SSSR count). The number of ether oxygens (including phenoxy) is 2. The molecule has 2 amide bonds. The average Bonchev–Trinajstić information content (AvgIpc) is 2.79. The number of fused-ring (bicyclic) bond motifs is 2. The molecule has 0 saturated heterocycles. The second-order valence-electron chi connectivity index (χ2n) is 7.10. The first kappa shape index (κ1) is 22.8. The van der Waals surface area contributed by atoms with Crippen LogP contribution in [0.3, 0.4) is 0 Å². The molecule has 2 radical (unpaired) electrons. The van der Waals surface area contributed by atoms with Crippen molar-refractivity contribution in [1.29, 1.82) is 0 Å². The van der Waals surface area contributed by atoms with Crippen molar-refractivity contribution in [3.63, 3.8) is 0 Å². The predicted octanol–water partition coefficient (Wildman–Crippen LogP) is 6.11. The van der Waals surface area contributed by atoms with Crippen LogP contribution in [0, 0.1) is 17.4 Å². The summed E-state index contributed by atoms with van der Waals surface area (Å²) in [5.41, 5.74) is 1.30. The molecule has 0 unspecified atom stereocenters. The number of hydrogen-bond donors (Lipinski definition) is 2. The number of amides is 2. The van der Waals surface area contributed by atoms with Gasteiger partial charge in [-0.3, -0.25) is 0 Å². The average molecular weight is 552 g/mol. The molecule has 2 N–H and O–H groups in total. The van der Waals surface area contributed by atoms with Gasteiger partial charge in [0.05, 0.1) is 0 Å². The topological polar surface area (TPSA) is 76.7 Å². The normalized spacial score (nSPS) is 10.8. The fraction of sp³-hybridized carbons (Fsp3) is 0.0769. The minimum absolute atomic E-state index is 0.188. The van der Waals surface area contributed by atoms with Gasteiger partial charge in [-0.15, -0.1) is 0 Å². The van der Waals surface area contributed by atoms with E-state index in [0.717, 1.165) is 25.1 Å². The van der Waals surface area contributed by atoms with E-state index in [1.54, 1.807) is 12.1 Å². The summed E-state index contributed by atoms with van der Waals surface area (Å²) in [6.07, 6.45) is -1.23. The van der Waals surface area contributed by atoms with E-state index in [1.807, 2.05) is 54.6 Å². The maximum atomic E-state index is 12.3. The first-order chi connectivity index (χ1) is 16.0. The van der Waals surface area contributed by atoms with Crippen LogP contribution in [0.2, 0.25) is 0 Å². The lowest BCUT2D eigenvalue weighted by atomic mass is 9.92. The minimum atomic E-state index is -0.617. The number of carbonyl (C=O) groups is 2. The largest absolute Gasteiger partial charge is 0.412 e. The maximum Gasteiger partial charge on any atom is 0.412 e. The van der Waals surface area contributed by atoms with Gasteiger partial charge in [0.2, 0.25) is 0 Å². The van der Waals surface area contributed by atoms with Crippen LogP contribution in [0.15, 0.2) is 66.7 Å². The molecule has 0 bridgehead atoms. The summed E-state index contributed by atoms with van der Waals surface area (Å²) in [5.74, 6) is 0.682. The lowest BCUT2D eigenvalue weighted by molar-refractivity contribution is 0.200. The lowest BCUT2D eigenvalue weighted by Crippen LogP contribution is -2.27. The van der Waals surface area contributed by atoms with Crippen LogP contribution >= 0.6 is 22.6 Å². The molecule has 0 spiro atoms. The molecule has 4 aromatic rings. The van der Waals surface area contributed by atoms with E-state index in [1.165, 1.54) is 0 Å². The Morgan fingerprint density at radius 1 is 0.727 bits per heavy atom.